The Morgan fingerprint density at radius 3 is 2.10 bits per heavy atom. The second kappa shape index (κ2) is 8.82. The van der Waals surface area contributed by atoms with Crippen molar-refractivity contribution >= 4 is 33.3 Å². The molecule has 2 aromatic carbocycles. The van der Waals surface area contributed by atoms with Gasteiger partial charge in [-0.25, -0.2) is 13.2 Å². The van der Waals surface area contributed by atoms with Crippen LogP contribution in [0.15, 0.2) is 30.3 Å². The summed E-state index contributed by atoms with van der Waals surface area (Å²) in [6, 6.07) is 7.47. The molecule has 9 nitrogen and oxygen atoms in total. The molecule has 2 N–H and O–H groups in total. The van der Waals surface area contributed by atoms with Crippen molar-refractivity contribution < 1.29 is 32.2 Å². The minimum atomic E-state index is -3.51. The molecule has 0 aliphatic rings. The minimum Gasteiger partial charge on any atom is -0.493 e. The highest BCUT2D eigenvalue weighted by atomic mass is 32.2. The number of hydrogen-bond donors (Lipinski definition) is 2. The Kier molecular flexibility index (Phi) is 6.70. The number of esters is 1. The van der Waals surface area contributed by atoms with Crippen LogP contribution in [0.4, 0.5) is 11.4 Å². The Morgan fingerprint density at radius 2 is 1.55 bits per heavy atom. The topological polar surface area (TPSA) is 120 Å². The van der Waals surface area contributed by atoms with Crippen LogP contribution in [0.5, 0.6) is 11.5 Å². The Bertz CT molecular complexity index is 1050. The number of sulfonamides is 1. The Labute approximate surface area is 169 Å². The largest absolute Gasteiger partial charge is 0.493 e. The van der Waals surface area contributed by atoms with Crippen LogP contribution >= 0.6 is 0 Å². The summed E-state index contributed by atoms with van der Waals surface area (Å²) in [6.07, 6.45) is 1.02. The highest BCUT2D eigenvalue weighted by Gasteiger charge is 2.21. The lowest BCUT2D eigenvalue weighted by Crippen LogP contribution is -2.18. The molecule has 0 radical (unpaired) electrons. The van der Waals surface area contributed by atoms with E-state index in [1.54, 1.807) is 19.1 Å². The van der Waals surface area contributed by atoms with Gasteiger partial charge in [-0.05, 0) is 24.6 Å². The zero-order valence-electron chi connectivity index (χ0n) is 16.7. The first kappa shape index (κ1) is 22.0. The number of nitrogens with one attached hydrogen (secondary N) is 2. The van der Waals surface area contributed by atoms with E-state index in [1.165, 1.54) is 39.5 Å². The van der Waals surface area contributed by atoms with E-state index in [2.05, 4.69) is 10.0 Å². The standard InChI is InChI=1S/C19H22N2O7S/c1-11-12(7-6-8-14(11)21-29(5,24)25)18(22)20-15-10-17(27-3)16(26-2)9-13(15)19(23)28-4/h6-10,21H,1-5H3,(H,20,22). The second-order valence-corrected chi connectivity index (χ2v) is 7.80. The highest BCUT2D eigenvalue weighted by Crippen LogP contribution is 2.34. The van der Waals surface area contributed by atoms with Gasteiger partial charge in [-0.15, -0.1) is 0 Å². The number of hydrogen-bond acceptors (Lipinski definition) is 7. The van der Waals surface area contributed by atoms with Gasteiger partial charge in [0.15, 0.2) is 11.5 Å². The van der Waals surface area contributed by atoms with Crippen LogP contribution in [0.2, 0.25) is 0 Å². The molecule has 156 valence electrons. The monoisotopic (exact) mass is 422 g/mol. The van der Waals surface area contributed by atoms with E-state index in [0.717, 1.165) is 6.26 Å². The van der Waals surface area contributed by atoms with Crippen molar-refractivity contribution in [2.75, 3.05) is 37.6 Å². The molecule has 0 aliphatic carbocycles. The number of anilines is 2. The maximum absolute atomic E-state index is 12.9. The van der Waals surface area contributed by atoms with Crippen LogP contribution in [-0.4, -0.2) is 47.9 Å². The van der Waals surface area contributed by atoms with Crippen LogP contribution in [0.3, 0.4) is 0 Å². The van der Waals surface area contributed by atoms with E-state index >= 15 is 0 Å². The van der Waals surface area contributed by atoms with Gasteiger partial charge >= 0.3 is 5.97 Å². The number of benzene rings is 2. The summed E-state index contributed by atoms with van der Waals surface area (Å²) in [4.78, 5) is 25.0. The zero-order valence-corrected chi connectivity index (χ0v) is 17.5. The molecule has 29 heavy (non-hydrogen) atoms. The number of methoxy groups -OCH3 is 3. The van der Waals surface area contributed by atoms with Crippen molar-refractivity contribution in [1.82, 2.24) is 0 Å². The van der Waals surface area contributed by atoms with Crippen molar-refractivity contribution in [2.45, 2.75) is 6.92 Å². The number of carbonyl (C=O) groups is 2. The molecule has 0 spiro atoms. The predicted octanol–water partition coefficient (Wildman–Crippen LogP) is 2.42. The van der Waals surface area contributed by atoms with E-state index in [4.69, 9.17) is 14.2 Å². The van der Waals surface area contributed by atoms with Gasteiger partial charge in [0.1, 0.15) is 0 Å². The van der Waals surface area contributed by atoms with E-state index in [9.17, 15) is 18.0 Å². The van der Waals surface area contributed by atoms with Crippen LogP contribution in [-0.2, 0) is 14.8 Å². The first-order valence-electron chi connectivity index (χ1n) is 8.34. The van der Waals surface area contributed by atoms with Gasteiger partial charge < -0.3 is 19.5 Å². The summed E-state index contributed by atoms with van der Waals surface area (Å²) < 4.78 is 40.6. The second-order valence-electron chi connectivity index (χ2n) is 6.05. The van der Waals surface area contributed by atoms with Gasteiger partial charge in [0, 0.05) is 17.7 Å². The summed E-state index contributed by atoms with van der Waals surface area (Å²) in [5.74, 6) is -0.622. The van der Waals surface area contributed by atoms with Gasteiger partial charge in [0.2, 0.25) is 10.0 Å². The molecule has 0 aromatic heterocycles. The molecular weight excluding hydrogens is 400 g/mol. The van der Waals surface area contributed by atoms with Gasteiger partial charge in [-0.1, -0.05) is 6.07 Å². The molecular formula is C19H22N2O7S. The molecule has 0 atom stereocenters. The third-order valence-electron chi connectivity index (χ3n) is 4.05. The summed E-state index contributed by atoms with van der Waals surface area (Å²) in [7, 11) is 0.545. The average molecular weight is 422 g/mol. The van der Waals surface area contributed by atoms with Crippen molar-refractivity contribution in [3.05, 3.63) is 47.0 Å². The zero-order chi connectivity index (χ0) is 21.8. The maximum Gasteiger partial charge on any atom is 0.340 e. The summed E-state index contributed by atoms with van der Waals surface area (Å²) >= 11 is 0. The number of amides is 1. The minimum absolute atomic E-state index is 0.0709. The first-order chi connectivity index (χ1) is 13.6. The van der Waals surface area contributed by atoms with Gasteiger partial charge in [0.25, 0.3) is 5.91 Å². The molecule has 10 heteroatoms. The number of carbonyl (C=O) groups excluding carboxylic acids is 2. The molecule has 0 fully saturated rings. The lowest BCUT2D eigenvalue weighted by Gasteiger charge is -2.16. The smallest absolute Gasteiger partial charge is 0.340 e. The van der Waals surface area contributed by atoms with Gasteiger partial charge in [-0.3, -0.25) is 9.52 Å². The van der Waals surface area contributed by atoms with Crippen LogP contribution in [0.25, 0.3) is 0 Å². The third kappa shape index (κ3) is 5.17. The fraction of sp³-hybridized carbons (Fsp3) is 0.263. The normalized spacial score (nSPS) is 10.8. The first-order valence-corrected chi connectivity index (χ1v) is 10.2. The van der Waals surface area contributed by atoms with Crippen LogP contribution < -0.4 is 19.5 Å². The third-order valence-corrected chi connectivity index (χ3v) is 4.64. The van der Waals surface area contributed by atoms with Crippen molar-refractivity contribution in [2.24, 2.45) is 0 Å². The molecule has 0 heterocycles. The molecule has 0 saturated carbocycles. The summed E-state index contributed by atoms with van der Waals surface area (Å²) in [5.41, 5.74) is 1.15. The summed E-state index contributed by atoms with van der Waals surface area (Å²) in [6.45, 7) is 1.61. The lowest BCUT2D eigenvalue weighted by molar-refractivity contribution is 0.0601. The van der Waals surface area contributed by atoms with Crippen LogP contribution in [0, 0.1) is 6.92 Å². The molecule has 0 bridgehead atoms. The maximum atomic E-state index is 12.9. The predicted molar refractivity (Wildman–Crippen MR) is 108 cm³/mol. The quantitative estimate of drug-likeness (QED) is 0.658. The van der Waals surface area contributed by atoms with Crippen molar-refractivity contribution in [3.63, 3.8) is 0 Å². The Balaban J connectivity index is 2.47. The molecule has 2 aromatic rings. The molecule has 0 aliphatic heterocycles. The Hall–Kier alpha value is -3.27. The van der Waals surface area contributed by atoms with Crippen molar-refractivity contribution in [3.8, 4) is 11.5 Å². The van der Waals surface area contributed by atoms with E-state index in [0.29, 0.717) is 17.1 Å². The van der Waals surface area contributed by atoms with Gasteiger partial charge in [0.05, 0.1) is 44.5 Å². The van der Waals surface area contributed by atoms with E-state index in [1.807, 2.05) is 0 Å². The van der Waals surface area contributed by atoms with E-state index < -0.39 is 21.9 Å². The lowest BCUT2D eigenvalue weighted by atomic mass is 10.1. The van der Waals surface area contributed by atoms with Crippen LogP contribution in [0.1, 0.15) is 26.3 Å². The fourth-order valence-electron chi connectivity index (χ4n) is 2.64. The fourth-order valence-corrected chi connectivity index (χ4v) is 3.26. The summed E-state index contributed by atoms with van der Waals surface area (Å²) in [5, 5.41) is 2.65. The highest BCUT2D eigenvalue weighted by molar-refractivity contribution is 7.92. The number of ether oxygens (including phenoxy) is 3. The van der Waals surface area contributed by atoms with Crippen molar-refractivity contribution in [1.29, 1.82) is 0 Å². The van der Waals surface area contributed by atoms with E-state index in [-0.39, 0.29) is 22.5 Å². The molecule has 2 rings (SSSR count). The SMILES string of the molecule is COC(=O)c1cc(OC)c(OC)cc1NC(=O)c1cccc(NS(C)(=O)=O)c1C. The molecule has 0 saturated heterocycles. The molecule has 0 unspecified atom stereocenters. The average Bonchev–Trinajstić information content (AvgIpc) is 2.67. The van der Waals surface area contributed by atoms with Gasteiger partial charge in [-0.2, -0.15) is 0 Å². The Morgan fingerprint density at radius 1 is 0.931 bits per heavy atom. The number of rotatable bonds is 7. The molecule has 1 amide bonds.